The standard InChI is InChI=1S/C13H12F3NO2/c1-17-8-9-6-7-11(18-9)10-4-2-3-5-12(10)19-13(14,15)16/h2-7,17H,8H2,1H3. The van der Waals surface area contributed by atoms with Crippen molar-refractivity contribution in [2.24, 2.45) is 0 Å². The fraction of sp³-hybridized carbons (Fsp3) is 0.231. The molecule has 0 atom stereocenters. The van der Waals surface area contributed by atoms with Crippen molar-refractivity contribution in [3.63, 3.8) is 0 Å². The van der Waals surface area contributed by atoms with Crippen molar-refractivity contribution in [1.82, 2.24) is 5.32 Å². The summed E-state index contributed by atoms with van der Waals surface area (Å²) in [5, 5.41) is 2.90. The van der Waals surface area contributed by atoms with E-state index in [4.69, 9.17) is 4.42 Å². The van der Waals surface area contributed by atoms with Gasteiger partial charge in [0.25, 0.3) is 0 Å². The molecule has 1 aromatic heterocycles. The van der Waals surface area contributed by atoms with Gasteiger partial charge in [-0.3, -0.25) is 0 Å². The Balaban J connectivity index is 2.32. The van der Waals surface area contributed by atoms with Gasteiger partial charge in [0.05, 0.1) is 12.1 Å². The molecule has 0 fully saturated rings. The second kappa shape index (κ2) is 5.36. The SMILES string of the molecule is CNCc1ccc(-c2ccccc2OC(F)(F)F)o1. The van der Waals surface area contributed by atoms with Gasteiger partial charge in [-0.25, -0.2) is 0 Å². The molecule has 0 bridgehead atoms. The monoisotopic (exact) mass is 271 g/mol. The highest BCUT2D eigenvalue weighted by molar-refractivity contribution is 5.65. The van der Waals surface area contributed by atoms with Crippen LogP contribution in [0.15, 0.2) is 40.8 Å². The van der Waals surface area contributed by atoms with Crippen molar-refractivity contribution >= 4 is 0 Å². The van der Waals surface area contributed by atoms with E-state index in [1.54, 1.807) is 25.2 Å². The maximum Gasteiger partial charge on any atom is 0.573 e. The number of halogens is 3. The van der Waals surface area contributed by atoms with Gasteiger partial charge in [0.2, 0.25) is 0 Å². The lowest BCUT2D eigenvalue weighted by molar-refractivity contribution is -0.274. The van der Waals surface area contributed by atoms with Crippen LogP contribution in [0.2, 0.25) is 0 Å². The van der Waals surface area contributed by atoms with Crippen molar-refractivity contribution in [2.75, 3.05) is 7.05 Å². The van der Waals surface area contributed by atoms with Gasteiger partial charge in [-0.1, -0.05) is 12.1 Å². The quantitative estimate of drug-likeness (QED) is 0.923. The first-order chi connectivity index (χ1) is 8.99. The molecule has 0 aliphatic rings. The zero-order chi connectivity index (χ0) is 13.9. The van der Waals surface area contributed by atoms with Gasteiger partial charge in [-0.15, -0.1) is 13.2 Å². The van der Waals surface area contributed by atoms with E-state index >= 15 is 0 Å². The van der Waals surface area contributed by atoms with Crippen molar-refractivity contribution in [1.29, 1.82) is 0 Å². The fourth-order valence-electron chi connectivity index (χ4n) is 1.68. The molecule has 1 heterocycles. The summed E-state index contributed by atoms with van der Waals surface area (Å²) in [5.41, 5.74) is 0.266. The Bertz CT molecular complexity index is 549. The Hall–Kier alpha value is -1.95. The van der Waals surface area contributed by atoms with Crippen LogP contribution >= 0.6 is 0 Å². The van der Waals surface area contributed by atoms with E-state index in [1.807, 2.05) is 0 Å². The molecule has 1 N–H and O–H groups in total. The number of para-hydroxylation sites is 1. The molecule has 6 heteroatoms. The van der Waals surface area contributed by atoms with Crippen LogP contribution in [0.1, 0.15) is 5.76 Å². The molecule has 0 saturated carbocycles. The van der Waals surface area contributed by atoms with E-state index in [0.717, 1.165) is 0 Å². The molecular formula is C13H12F3NO2. The number of ether oxygens (including phenoxy) is 1. The molecule has 2 aromatic rings. The number of alkyl halides is 3. The molecule has 0 spiro atoms. The Kier molecular flexibility index (Phi) is 3.80. The number of furan rings is 1. The van der Waals surface area contributed by atoms with E-state index in [9.17, 15) is 13.2 Å². The summed E-state index contributed by atoms with van der Waals surface area (Å²) in [5.74, 6) is 0.699. The fourth-order valence-corrected chi connectivity index (χ4v) is 1.68. The first-order valence-corrected chi connectivity index (χ1v) is 5.58. The predicted molar refractivity (Wildman–Crippen MR) is 63.6 cm³/mol. The topological polar surface area (TPSA) is 34.4 Å². The average molecular weight is 271 g/mol. The number of hydrogen-bond acceptors (Lipinski definition) is 3. The van der Waals surface area contributed by atoms with Crippen LogP contribution in [0.4, 0.5) is 13.2 Å². The lowest BCUT2D eigenvalue weighted by Gasteiger charge is -2.11. The smallest absolute Gasteiger partial charge is 0.460 e. The summed E-state index contributed by atoms with van der Waals surface area (Å²) in [4.78, 5) is 0. The number of hydrogen-bond donors (Lipinski definition) is 1. The molecule has 1 aromatic carbocycles. The van der Waals surface area contributed by atoms with Gasteiger partial charge >= 0.3 is 6.36 Å². The third-order valence-electron chi connectivity index (χ3n) is 2.39. The molecule has 2 rings (SSSR count). The molecule has 102 valence electrons. The van der Waals surface area contributed by atoms with E-state index in [2.05, 4.69) is 10.1 Å². The van der Waals surface area contributed by atoms with Gasteiger partial charge in [-0.05, 0) is 31.3 Å². The zero-order valence-corrected chi connectivity index (χ0v) is 10.1. The summed E-state index contributed by atoms with van der Waals surface area (Å²) >= 11 is 0. The van der Waals surface area contributed by atoms with Gasteiger partial charge < -0.3 is 14.5 Å². The molecular weight excluding hydrogens is 259 g/mol. The highest BCUT2D eigenvalue weighted by atomic mass is 19.4. The molecule has 0 unspecified atom stereocenters. The van der Waals surface area contributed by atoms with Crippen LogP contribution in [0.5, 0.6) is 5.75 Å². The highest BCUT2D eigenvalue weighted by Gasteiger charge is 2.32. The normalized spacial score (nSPS) is 11.6. The van der Waals surface area contributed by atoms with Gasteiger partial charge in [-0.2, -0.15) is 0 Å². The van der Waals surface area contributed by atoms with Crippen molar-refractivity contribution in [3.8, 4) is 17.1 Å². The number of rotatable bonds is 4. The lowest BCUT2D eigenvalue weighted by atomic mass is 10.1. The third kappa shape index (κ3) is 3.51. The summed E-state index contributed by atoms with van der Waals surface area (Å²) < 4.78 is 46.3. The average Bonchev–Trinajstić information content (AvgIpc) is 2.76. The molecule has 0 saturated heterocycles. The second-order valence-corrected chi connectivity index (χ2v) is 3.84. The minimum atomic E-state index is -4.73. The van der Waals surface area contributed by atoms with Crippen molar-refractivity contribution in [3.05, 3.63) is 42.2 Å². The number of benzene rings is 1. The Morgan fingerprint density at radius 1 is 1.16 bits per heavy atom. The molecule has 0 amide bonds. The molecule has 19 heavy (non-hydrogen) atoms. The van der Waals surface area contributed by atoms with Gasteiger partial charge in [0.1, 0.15) is 17.3 Å². The first-order valence-electron chi connectivity index (χ1n) is 5.58. The van der Waals surface area contributed by atoms with Crippen LogP contribution in [0.3, 0.4) is 0 Å². The molecule has 0 radical (unpaired) electrons. The zero-order valence-electron chi connectivity index (χ0n) is 10.1. The third-order valence-corrected chi connectivity index (χ3v) is 2.39. The molecule has 0 aliphatic heterocycles. The largest absolute Gasteiger partial charge is 0.573 e. The minimum absolute atomic E-state index is 0.266. The lowest BCUT2D eigenvalue weighted by Crippen LogP contribution is -2.17. The van der Waals surface area contributed by atoms with Crippen LogP contribution in [-0.2, 0) is 6.54 Å². The molecule has 0 aliphatic carbocycles. The van der Waals surface area contributed by atoms with Crippen LogP contribution < -0.4 is 10.1 Å². The molecule has 3 nitrogen and oxygen atoms in total. The van der Waals surface area contributed by atoms with Gasteiger partial charge in [0, 0.05) is 0 Å². The Morgan fingerprint density at radius 2 is 1.89 bits per heavy atom. The van der Waals surface area contributed by atoms with E-state index in [0.29, 0.717) is 18.1 Å². The van der Waals surface area contributed by atoms with E-state index in [1.165, 1.54) is 18.2 Å². The Morgan fingerprint density at radius 3 is 2.58 bits per heavy atom. The van der Waals surface area contributed by atoms with Crippen LogP contribution in [0.25, 0.3) is 11.3 Å². The minimum Gasteiger partial charge on any atom is -0.460 e. The summed E-state index contributed by atoms with van der Waals surface area (Å²) in [6, 6.07) is 9.19. The van der Waals surface area contributed by atoms with Crippen molar-refractivity contribution < 1.29 is 22.3 Å². The number of nitrogens with one attached hydrogen (secondary N) is 1. The first kappa shape index (κ1) is 13.5. The summed E-state index contributed by atoms with van der Waals surface area (Å²) in [6.07, 6.45) is -4.73. The van der Waals surface area contributed by atoms with Crippen LogP contribution in [-0.4, -0.2) is 13.4 Å². The Labute approximate surface area is 108 Å². The van der Waals surface area contributed by atoms with Gasteiger partial charge in [0.15, 0.2) is 0 Å². The van der Waals surface area contributed by atoms with E-state index < -0.39 is 6.36 Å². The predicted octanol–water partition coefficient (Wildman–Crippen LogP) is 3.56. The summed E-state index contributed by atoms with van der Waals surface area (Å²) in [6.45, 7) is 0.502. The highest BCUT2D eigenvalue weighted by Crippen LogP contribution is 2.34. The maximum absolute atomic E-state index is 12.3. The van der Waals surface area contributed by atoms with Crippen molar-refractivity contribution in [2.45, 2.75) is 12.9 Å². The van der Waals surface area contributed by atoms with Crippen LogP contribution in [0, 0.1) is 0 Å². The second-order valence-electron chi connectivity index (χ2n) is 3.84. The van der Waals surface area contributed by atoms with E-state index in [-0.39, 0.29) is 11.3 Å². The summed E-state index contributed by atoms with van der Waals surface area (Å²) in [7, 11) is 1.75. The maximum atomic E-state index is 12.3.